The molecular weight excluding hydrogens is 204 g/mol. The van der Waals surface area contributed by atoms with Gasteiger partial charge in [-0.15, -0.1) is 0 Å². The number of nitrogens with zero attached hydrogens (tertiary/aromatic N) is 2. The third kappa shape index (κ3) is 1.90. The Labute approximate surface area is 87.5 Å². The molecule has 1 N–H and O–H groups in total. The number of aryl methyl sites for hydroxylation is 1. The molecule has 78 valence electrons. The summed E-state index contributed by atoms with van der Waals surface area (Å²) in [5.41, 5.74) is 0.600. The van der Waals surface area contributed by atoms with Crippen LogP contribution in [-0.2, 0) is 11.3 Å². The molecule has 0 fully saturated rings. The molecule has 0 aliphatic rings. The molecule has 14 heavy (non-hydrogen) atoms. The average molecular weight is 217 g/mol. The topological polar surface area (TPSA) is 55.1 Å². The van der Waals surface area contributed by atoms with E-state index in [1.165, 1.54) is 6.20 Å². The van der Waals surface area contributed by atoms with Crippen molar-refractivity contribution < 1.29 is 9.90 Å². The van der Waals surface area contributed by atoms with Crippen LogP contribution in [0, 0.1) is 0 Å². The zero-order valence-corrected chi connectivity index (χ0v) is 8.95. The highest BCUT2D eigenvalue weighted by molar-refractivity contribution is 6.30. The molecule has 0 radical (unpaired) electrons. The number of aromatic nitrogens is 2. The zero-order valence-electron chi connectivity index (χ0n) is 8.20. The van der Waals surface area contributed by atoms with Gasteiger partial charge in [-0.25, -0.2) is 0 Å². The van der Waals surface area contributed by atoms with Crippen LogP contribution in [0.15, 0.2) is 6.20 Å². The molecule has 1 rings (SSSR count). The Morgan fingerprint density at radius 1 is 1.71 bits per heavy atom. The van der Waals surface area contributed by atoms with Crippen LogP contribution in [0.3, 0.4) is 0 Å². The third-order valence-corrected chi connectivity index (χ3v) is 2.60. The van der Waals surface area contributed by atoms with Gasteiger partial charge >= 0.3 is 5.97 Å². The van der Waals surface area contributed by atoms with Crippen molar-refractivity contribution in [1.82, 2.24) is 9.78 Å². The fourth-order valence-corrected chi connectivity index (χ4v) is 1.71. The standard InChI is InChI=1S/C9H13ClN2O2/c1-3-6(9(13)14)7-5-11-12(4-2)8(7)10/h5-6H,3-4H2,1-2H3,(H,13,14). The van der Waals surface area contributed by atoms with Gasteiger partial charge in [0.15, 0.2) is 0 Å². The maximum absolute atomic E-state index is 10.9. The van der Waals surface area contributed by atoms with Crippen LogP contribution in [0.4, 0.5) is 0 Å². The van der Waals surface area contributed by atoms with Gasteiger partial charge in [-0.05, 0) is 13.3 Å². The Morgan fingerprint density at radius 3 is 2.71 bits per heavy atom. The van der Waals surface area contributed by atoms with Gasteiger partial charge in [0.05, 0.1) is 12.1 Å². The quantitative estimate of drug-likeness (QED) is 0.839. The number of hydrogen-bond acceptors (Lipinski definition) is 2. The number of aliphatic carboxylic acids is 1. The normalized spacial score (nSPS) is 12.8. The monoisotopic (exact) mass is 216 g/mol. The number of halogens is 1. The molecule has 4 nitrogen and oxygen atoms in total. The van der Waals surface area contributed by atoms with Crippen LogP contribution < -0.4 is 0 Å². The van der Waals surface area contributed by atoms with Gasteiger partial charge in [-0.1, -0.05) is 18.5 Å². The molecule has 1 heterocycles. The third-order valence-electron chi connectivity index (χ3n) is 2.18. The molecule has 1 unspecified atom stereocenters. The first kappa shape index (κ1) is 11.0. The van der Waals surface area contributed by atoms with E-state index >= 15 is 0 Å². The first-order valence-electron chi connectivity index (χ1n) is 4.55. The molecular formula is C9H13ClN2O2. The first-order valence-corrected chi connectivity index (χ1v) is 4.93. The van der Waals surface area contributed by atoms with Crippen molar-refractivity contribution >= 4 is 17.6 Å². The van der Waals surface area contributed by atoms with Crippen LogP contribution in [0.25, 0.3) is 0 Å². The summed E-state index contributed by atoms with van der Waals surface area (Å²) in [6.45, 7) is 4.37. The summed E-state index contributed by atoms with van der Waals surface area (Å²) in [6, 6.07) is 0. The summed E-state index contributed by atoms with van der Waals surface area (Å²) >= 11 is 5.98. The fourth-order valence-electron chi connectivity index (χ4n) is 1.37. The van der Waals surface area contributed by atoms with Gasteiger partial charge < -0.3 is 5.11 Å². The van der Waals surface area contributed by atoms with Crippen LogP contribution in [0.5, 0.6) is 0 Å². The van der Waals surface area contributed by atoms with Crippen LogP contribution >= 0.6 is 11.6 Å². The highest BCUT2D eigenvalue weighted by atomic mass is 35.5. The van der Waals surface area contributed by atoms with E-state index in [0.29, 0.717) is 23.7 Å². The predicted octanol–water partition coefficient (Wildman–Crippen LogP) is 2.13. The lowest BCUT2D eigenvalue weighted by Gasteiger charge is -2.07. The molecule has 1 aromatic heterocycles. The minimum Gasteiger partial charge on any atom is -0.481 e. The summed E-state index contributed by atoms with van der Waals surface area (Å²) in [5, 5.41) is 13.4. The minimum absolute atomic E-state index is 0.432. The number of carbonyl (C=O) groups is 1. The van der Waals surface area contributed by atoms with E-state index in [-0.39, 0.29) is 0 Å². The van der Waals surface area contributed by atoms with Gasteiger partial charge in [-0.2, -0.15) is 5.10 Å². The van der Waals surface area contributed by atoms with Gasteiger partial charge in [0, 0.05) is 12.1 Å². The molecule has 0 saturated carbocycles. The summed E-state index contributed by atoms with van der Waals surface area (Å²) in [6.07, 6.45) is 2.05. The van der Waals surface area contributed by atoms with Gasteiger partial charge in [0.25, 0.3) is 0 Å². The highest BCUT2D eigenvalue weighted by Crippen LogP contribution is 2.26. The van der Waals surface area contributed by atoms with Crippen molar-refractivity contribution in [1.29, 1.82) is 0 Å². The largest absolute Gasteiger partial charge is 0.481 e. The molecule has 5 heteroatoms. The molecule has 1 aromatic rings. The maximum atomic E-state index is 10.9. The Morgan fingerprint density at radius 2 is 2.36 bits per heavy atom. The predicted molar refractivity (Wildman–Crippen MR) is 53.6 cm³/mol. The Balaban J connectivity index is 3.05. The molecule has 0 aliphatic heterocycles. The Bertz CT molecular complexity index is 336. The maximum Gasteiger partial charge on any atom is 0.311 e. The van der Waals surface area contributed by atoms with E-state index in [1.54, 1.807) is 4.68 Å². The van der Waals surface area contributed by atoms with E-state index in [9.17, 15) is 4.79 Å². The summed E-state index contributed by atoms with van der Waals surface area (Å²) in [5.74, 6) is -1.41. The second kappa shape index (κ2) is 4.46. The van der Waals surface area contributed by atoms with E-state index in [4.69, 9.17) is 16.7 Å². The lowest BCUT2D eigenvalue weighted by atomic mass is 10.0. The lowest BCUT2D eigenvalue weighted by Crippen LogP contribution is -2.10. The van der Waals surface area contributed by atoms with E-state index < -0.39 is 11.9 Å². The molecule has 0 aliphatic carbocycles. The highest BCUT2D eigenvalue weighted by Gasteiger charge is 2.22. The van der Waals surface area contributed by atoms with Crippen molar-refractivity contribution in [2.24, 2.45) is 0 Å². The second-order valence-electron chi connectivity index (χ2n) is 3.01. The second-order valence-corrected chi connectivity index (χ2v) is 3.36. The zero-order chi connectivity index (χ0) is 10.7. The molecule has 0 aromatic carbocycles. The molecule has 0 saturated heterocycles. The van der Waals surface area contributed by atoms with Crippen LogP contribution in [0.1, 0.15) is 31.7 Å². The molecule has 0 spiro atoms. The van der Waals surface area contributed by atoms with Crippen molar-refractivity contribution in [3.63, 3.8) is 0 Å². The Kier molecular flexibility index (Phi) is 3.52. The smallest absolute Gasteiger partial charge is 0.311 e. The minimum atomic E-state index is -0.856. The molecule has 1 atom stereocenters. The fraction of sp³-hybridized carbons (Fsp3) is 0.556. The first-order chi connectivity index (χ1) is 6.61. The summed E-state index contributed by atoms with van der Waals surface area (Å²) in [4.78, 5) is 10.9. The SMILES string of the molecule is CCC(C(=O)O)c1cnn(CC)c1Cl. The lowest BCUT2D eigenvalue weighted by molar-refractivity contribution is -0.138. The number of carboxylic acids is 1. The average Bonchev–Trinajstić information content (AvgIpc) is 2.49. The van der Waals surface area contributed by atoms with Crippen molar-refractivity contribution in [3.8, 4) is 0 Å². The van der Waals surface area contributed by atoms with E-state index in [1.807, 2.05) is 13.8 Å². The van der Waals surface area contributed by atoms with Gasteiger partial charge in [0.1, 0.15) is 5.15 Å². The number of rotatable bonds is 4. The molecule has 0 bridgehead atoms. The van der Waals surface area contributed by atoms with Gasteiger partial charge in [0.2, 0.25) is 0 Å². The number of carboxylic acid groups (broad SMARTS) is 1. The van der Waals surface area contributed by atoms with Crippen LogP contribution in [0.2, 0.25) is 5.15 Å². The molecule has 0 amide bonds. The van der Waals surface area contributed by atoms with Crippen molar-refractivity contribution in [2.45, 2.75) is 32.7 Å². The van der Waals surface area contributed by atoms with Crippen LogP contribution in [-0.4, -0.2) is 20.9 Å². The summed E-state index contributed by atoms with van der Waals surface area (Å²) in [7, 11) is 0. The van der Waals surface area contributed by atoms with Crippen molar-refractivity contribution in [2.75, 3.05) is 0 Å². The van der Waals surface area contributed by atoms with Crippen molar-refractivity contribution in [3.05, 3.63) is 16.9 Å². The van der Waals surface area contributed by atoms with Gasteiger partial charge in [-0.3, -0.25) is 9.48 Å². The number of hydrogen-bond donors (Lipinski definition) is 1. The Hall–Kier alpha value is -1.03. The van der Waals surface area contributed by atoms with E-state index in [2.05, 4.69) is 5.10 Å². The van der Waals surface area contributed by atoms with E-state index in [0.717, 1.165) is 0 Å². The summed E-state index contributed by atoms with van der Waals surface area (Å²) < 4.78 is 1.59.